The van der Waals surface area contributed by atoms with Crippen molar-refractivity contribution in [1.29, 1.82) is 0 Å². The summed E-state index contributed by atoms with van der Waals surface area (Å²) in [6, 6.07) is 3.58. The van der Waals surface area contributed by atoms with E-state index in [1.165, 1.54) is 0 Å². The third-order valence-electron chi connectivity index (χ3n) is 3.71. The molecule has 21 heavy (non-hydrogen) atoms. The summed E-state index contributed by atoms with van der Waals surface area (Å²) in [5.41, 5.74) is 2.31. The molecular formula is C15H18N4OS. The minimum Gasteiger partial charge on any atom is -0.337 e. The molecule has 1 saturated heterocycles. The summed E-state index contributed by atoms with van der Waals surface area (Å²) in [7, 11) is 0. The second-order valence-corrected chi connectivity index (χ2v) is 6.37. The van der Waals surface area contributed by atoms with E-state index in [1.54, 1.807) is 17.4 Å². The Morgan fingerprint density at radius 2 is 2.14 bits per heavy atom. The summed E-state index contributed by atoms with van der Waals surface area (Å²) in [6.07, 6.45) is 2.10. The fourth-order valence-electron chi connectivity index (χ4n) is 2.60. The smallest absolute Gasteiger partial charge is 0.274 e. The Hall–Kier alpha value is -1.82. The number of nitrogens with zero attached hydrogens (tertiary/aromatic N) is 4. The molecule has 2 aromatic heterocycles. The van der Waals surface area contributed by atoms with Gasteiger partial charge in [0, 0.05) is 30.1 Å². The van der Waals surface area contributed by atoms with E-state index in [1.807, 2.05) is 24.8 Å². The van der Waals surface area contributed by atoms with Gasteiger partial charge in [-0.05, 0) is 38.8 Å². The van der Waals surface area contributed by atoms with Gasteiger partial charge in [-0.3, -0.25) is 4.79 Å². The Kier molecular flexibility index (Phi) is 3.96. The van der Waals surface area contributed by atoms with Crippen molar-refractivity contribution in [2.45, 2.75) is 32.6 Å². The molecule has 3 rings (SSSR count). The predicted molar refractivity (Wildman–Crippen MR) is 81.5 cm³/mol. The van der Waals surface area contributed by atoms with Gasteiger partial charge in [0.1, 0.15) is 0 Å². The Morgan fingerprint density at radius 3 is 2.81 bits per heavy atom. The zero-order chi connectivity index (χ0) is 14.8. The number of carbonyl (C=O) groups excluding carboxylic acids is 1. The van der Waals surface area contributed by atoms with Crippen LogP contribution in [-0.4, -0.2) is 39.1 Å². The van der Waals surface area contributed by atoms with E-state index in [0.717, 1.165) is 42.3 Å². The highest BCUT2D eigenvalue weighted by atomic mass is 32.1. The first kappa shape index (κ1) is 14.1. The molecular weight excluding hydrogens is 284 g/mol. The number of hydrogen-bond donors (Lipinski definition) is 0. The van der Waals surface area contributed by atoms with E-state index in [-0.39, 0.29) is 5.91 Å². The number of thiazole rings is 1. The van der Waals surface area contributed by atoms with Crippen molar-refractivity contribution >= 4 is 17.2 Å². The first-order chi connectivity index (χ1) is 10.1. The number of likely N-dealkylation sites (tertiary alicyclic amines) is 1. The van der Waals surface area contributed by atoms with Crippen LogP contribution in [0, 0.1) is 13.8 Å². The highest BCUT2D eigenvalue weighted by molar-refractivity contribution is 7.09. The van der Waals surface area contributed by atoms with Gasteiger partial charge in [-0.15, -0.1) is 16.4 Å². The lowest BCUT2D eigenvalue weighted by atomic mass is 9.98. The summed E-state index contributed by atoms with van der Waals surface area (Å²) < 4.78 is 0. The minimum absolute atomic E-state index is 0.0273. The monoisotopic (exact) mass is 302 g/mol. The molecule has 1 aliphatic heterocycles. The van der Waals surface area contributed by atoms with Crippen molar-refractivity contribution < 1.29 is 4.79 Å². The van der Waals surface area contributed by atoms with Crippen LogP contribution in [0.1, 0.15) is 45.6 Å². The number of rotatable bonds is 2. The molecule has 0 aromatic carbocycles. The first-order valence-electron chi connectivity index (χ1n) is 7.15. The molecule has 1 fully saturated rings. The van der Waals surface area contributed by atoms with Gasteiger partial charge in [0.2, 0.25) is 0 Å². The van der Waals surface area contributed by atoms with E-state index in [2.05, 4.69) is 20.6 Å². The molecule has 3 heterocycles. The molecule has 0 N–H and O–H groups in total. The topological polar surface area (TPSA) is 59.0 Å². The highest BCUT2D eigenvalue weighted by Gasteiger charge is 2.27. The maximum atomic E-state index is 12.5. The third kappa shape index (κ3) is 3.10. The fourth-order valence-corrected chi connectivity index (χ4v) is 3.52. The summed E-state index contributed by atoms with van der Waals surface area (Å²) in [4.78, 5) is 18.9. The lowest BCUT2D eigenvalue weighted by Crippen LogP contribution is -2.39. The molecule has 0 saturated carbocycles. The van der Waals surface area contributed by atoms with Gasteiger partial charge in [-0.2, -0.15) is 5.10 Å². The van der Waals surface area contributed by atoms with Crippen LogP contribution in [0.5, 0.6) is 0 Å². The van der Waals surface area contributed by atoms with Gasteiger partial charge in [0.25, 0.3) is 5.91 Å². The molecule has 0 radical (unpaired) electrons. The van der Waals surface area contributed by atoms with E-state index in [0.29, 0.717) is 11.6 Å². The van der Waals surface area contributed by atoms with Crippen molar-refractivity contribution in [3.05, 3.63) is 39.6 Å². The largest absolute Gasteiger partial charge is 0.337 e. The summed E-state index contributed by atoms with van der Waals surface area (Å²) in [6.45, 7) is 5.38. The van der Waals surface area contributed by atoms with Crippen LogP contribution in [0.3, 0.4) is 0 Å². The lowest BCUT2D eigenvalue weighted by Gasteiger charge is -2.31. The van der Waals surface area contributed by atoms with Gasteiger partial charge in [0.15, 0.2) is 5.69 Å². The summed E-state index contributed by atoms with van der Waals surface area (Å²) in [5.74, 6) is 0.320. The standard InChI is InChI=1S/C15H18N4OS/c1-10-5-6-13(18-17-10)15(20)19-7-3-4-12(8-19)14-16-11(2)9-21-14/h5-6,9,12H,3-4,7-8H2,1-2H3. The van der Waals surface area contributed by atoms with Crippen LogP contribution in [0.25, 0.3) is 0 Å². The Bertz CT molecular complexity index is 637. The summed E-state index contributed by atoms with van der Waals surface area (Å²) >= 11 is 1.69. The van der Waals surface area contributed by atoms with Gasteiger partial charge in [-0.1, -0.05) is 0 Å². The zero-order valence-electron chi connectivity index (χ0n) is 12.2. The maximum absolute atomic E-state index is 12.5. The Balaban J connectivity index is 1.73. The Labute approximate surface area is 128 Å². The highest BCUT2D eigenvalue weighted by Crippen LogP contribution is 2.29. The van der Waals surface area contributed by atoms with Gasteiger partial charge >= 0.3 is 0 Å². The number of aromatic nitrogens is 3. The average Bonchev–Trinajstić information content (AvgIpc) is 2.94. The molecule has 1 amide bonds. The SMILES string of the molecule is Cc1ccc(C(=O)N2CCCC(c3nc(C)cs3)C2)nn1. The molecule has 110 valence electrons. The second kappa shape index (κ2) is 5.89. The van der Waals surface area contributed by atoms with Crippen LogP contribution < -0.4 is 0 Å². The molecule has 0 bridgehead atoms. The fraction of sp³-hybridized carbons (Fsp3) is 0.467. The molecule has 0 aliphatic carbocycles. The average molecular weight is 302 g/mol. The van der Waals surface area contributed by atoms with Gasteiger partial charge in [-0.25, -0.2) is 4.98 Å². The van der Waals surface area contributed by atoms with Crippen molar-refractivity contribution in [2.75, 3.05) is 13.1 Å². The molecule has 6 heteroatoms. The lowest BCUT2D eigenvalue weighted by molar-refractivity contribution is 0.0700. The van der Waals surface area contributed by atoms with Crippen molar-refractivity contribution in [2.24, 2.45) is 0 Å². The van der Waals surface area contributed by atoms with Crippen LogP contribution >= 0.6 is 11.3 Å². The van der Waals surface area contributed by atoms with Crippen LogP contribution in [0.4, 0.5) is 0 Å². The molecule has 1 unspecified atom stereocenters. The van der Waals surface area contributed by atoms with Gasteiger partial charge in [0.05, 0.1) is 10.7 Å². The number of amides is 1. The van der Waals surface area contributed by atoms with Crippen LogP contribution in [0.2, 0.25) is 0 Å². The van der Waals surface area contributed by atoms with Crippen molar-refractivity contribution in [3.63, 3.8) is 0 Å². The molecule has 1 atom stereocenters. The van der Waals surface area contributed by atoms with E-state index in [4.69, 9.17) is 0 Å². The van der Waals surface area contributed by atoms with E-state index >= 15 is 0 Å². The minimum atomic E-state index is -0.0273. The second-order valence-electron chi connectivity index (χ2n) is 5.48. The molecule has 0 spiro atoms. The third-order valence-corrected chi connectivity index (χ3v) is 4.84. The zero-order valence-corrected chi connectivity index (χ0v) is 13.1. The number of hydrogen-bond acceptors (Lipinski definition) is 5. The normalized spacial score (nSPS) is 18.8. The van der Waals surface area contributed by atoms with Crippen molar-refractivity contribution in [1.82, 2.24) is 20.1 Å². The van der Waals surface area contributed by atoms with Gasteiger partial charge < -0.3 is 4.90 Å². The number of aryl methyl sites for hydroxylation is 2. The summed E-state index contributed by atoms with van der Waals surface area (Å²) in [5, 5.41) is 11.2. The van der Waals surface area contributed by atoms with Crippen molar-refractivity contribution in [3.8, 4) is 0 Å². The van der Waals surface area contributed by atoms with Crippen LogP contribution in [-0.2, 0) is 0 Å². The van der Waals surface area contributed by atoms with E-state index in [9.17, 15) is 4.79 Å². The predicted octanol–water partition coefficient (Wildman–Crippen LogP) is 2.57. The van der Waals surface area contributed by atoms with Crippen LogP contribution in [0.15, 0.2) is 17.5 Å². The molecule has 5 nitrogen and oxygen atoms in total. The quantitative estimate of drug-likeness (QED) is 0.855. The maximum Gasteiger partial charge on any atom is 0.274 e. The molecule has 1 aliphatic rings. The van der Waals surface area contributed by atoms with E-state index < -0.39 is 0 Å². The molecule has 2 aromatic rings. The Morgan fingerprint density at radius 1 is 1.29 bits per heavy atom. The first-order valence-corrected chi connectivity index (χ1v) is 8.03. The number of carbonyl (C=O) groups is 1. The number of piperidine rings is 1.